The highest BCUT2D eigenvalue weighted by Crippen LogP contribution is 2.45. The fraction of sp³-hybridized carbons (Fsp3) is 0.429. The lowest BCUT2D eigenvalue weighted by atomic mass is 9.94. The third-order valence-electron chi connectivity index (χ3n) is 7.34. The van der Waals surface area contributed by atoms with E-state index in [9.17, 15) is 14.0 Å². The van der Waals surface area contributed by atoms with Gasteiger partial charge >= 0.3 is 0 Å². The van der Waals surface area contributed by atoms with Crippen LogP contribution in [0, 0.1) is 11.2 Å². The maximum Gasteiger partial charge on any atom is 0.256 e. The van der Waals surface area contributed by atoms with Crippen molar-refractivity contribution in [2.24, 2.45) is 5.41 Å². The summed E-state index contributed by atoms with van der Waals surface area (Å²) in [6.07, 6.45) is -1.43. The standard InChI is InChI=1S/C35H43ClFN3O5/c1-35(2,3)22-40-28-16-15-24(36)19-26(28)32(25-12-9-14-29(33(25)43-6)44-18-10-17-39(4)5)45-30(34(40)42)20-31(41)38-21-23-11-7-8-13-27(23)37/h7-9,11-16,19,30,32H,10,17-18,20-22H2,1-6H3,(H,38,41)/t30-,32-/m0/s1. The zero-order chi connectivity index (χ0) is 32.7. The quantitative estimate of drug-likeness (QED) is 0.231. The minimum Gasteiger partial charge on any atom is -0.492 e. The first-order valence-corrected chi connectivity index (χ1v) is 15.5. The van der Waals surface area contributed by atoms with Gasteiger partial charge in [0, 0.05) is 47.0 Å². The van der Waals surface area contributed by atoms with Gasteiger partial charge in [-0.05, 0) is 56.3 Å². The fourth-order valence-corrected chi connectivity index (χ4v) is 5.47. The average molecular weight is 640 g/mol. The topological polar surface area (TPSA) is 80.3 Å². The third kappa shape index (κ3) is 8.96. The summed E-state index contributed by atoms with van der Waals surface area (Å²) < 4.78 is 32.8. The van der Waals surface area contributed by atoms with Gasteiger partial charge in [-0.15, -0.1) is 0 Å². The van der Waals surface area contributed by atoms with Crippen molar-refractivity contribution in [3.05, 3.63) is 88.2 Å². The van der Waals surface area contributed by atoms with Gasteiger partial charge < -0.3 is 29.3 Å². The lowest BCUT2D eigenvalue weighted by Gasteiger charge is -2.31. The lowest BCUT2D eigenvalue weighted by Crippen LogP contribution is -2.45. The van der Waals surface area contributed by atoms with Crippen LogP contribution < -0.4 is 19.7 Å². The molecule has 10 heteroatoms. The third-order valence-corrected chi connectivity index (χ3v) is 7.58. The Labute approximate surface area is 270 Å². The number of nitrogens with one attached hydrogen (secondary N) is 1. The monoisotopic (exact) mass is 639 g/mol. The summed E-state index contributed by atoms with van der Waals surface area (Å²) in [5, 5.41) is 3.22. The molecule has 0 aliphatic carbocycles. The van der Waals surface area contributed by atoms with Crippen molar-refractivity contribution < 1.29 is 28.2 Å². The molecule has 1 N–H and O–H groups in total. The second-order valence-electron chi connectivity index (χ2n) is 12.6. The van der Waals surface area contributed by atoms with Crippen LogP contribution in [0.2, 0.25) is 5.02 Å². The first-order valence-electron chi connectivity index (χ1n) is 15.1. The summed E-state index contributed by atoms with van der Waals surface area (Å²) in [4.78, 5) is 31.2. The van der Waals surface area contributed by atoms with Gasteiger partial charge in [-0.3, -0.25) is 9.59 Å². The first kappa shape index (κ1) is 34.2. The minimum atomic E-state index is -1.15. The summed E-state index contributed by atoms with van der Waals surface area (Å²) in [6, 6.07) is 17.1. The molecule has 1 aliphatic heterocycles. The second-order valence-corrected chi connectivity index (χ2v) is 13.1. The van der Waals surface area contributed by atoms with Crippen molar-refractivity contribution >= 4 is 29.1 Å². The van der Waals surface area contributed by atoms with Gasteiger partial charge in [-0.25, -0.2) is 4.39 Å². The number of benzene rings is 3. The van der Waals surface area contributed by atoms with Gasteiger partial charge in [0.05, 0.1) is 20.1 Å². The summed E-state index contributed by atoms with van der Waals surface area (Å²) >= 11 is 6.53. The fourth-order valence-electron chi connectivity index (χ4n) is 5.29. The van der Waals surface area contributed by atoms with Gasteiger partial charge in [0.2, 0.25) is 5.91 Å². The van der Waals surface area contributed by atoms with E-state index >= 15 is 0 Å². The highest BCUT2D eigenvalue weighted by atomic mass is 35.5. The number of fused-ring (bicyclic) bond motifs is 1. The Balaban J connectivity index is 1.73. The van der Waals surface area contributed by atoms with Crippen molar-refractivity contribution in [1.82, 2.24) is 10.2 Å². The summed E-state index contributed by atoms with van der Waals surface area (Å²) in [6.45, 7) is 7.81. The first-order chi connectivity index (χ1) is 21.4. The number of ether oxygens (including phenoxy) is 3. The number of methoxy groups -OCH3 is 1. The van der Waals surface area contributed by atoms with E-state index in [1.165, 1.54) is 6.07 Å². The van der Waals surface area contributed by atoms with Crippen molar-refractivity contribution in [3.8, 4) is 11.5 Å². The SMILES string of the molecule is COc1c(OCCCN(C)C)cccc1[C@@H]1O[C@@H](CC(=O)NCc2ccccc2F)C(=O)N(CC(C)(C)C)c2ccc(Cl)cc21. The van der Waals surface area contributed by atoms with Crippen molar-refractivity contribution in [1.29, 1.82) is 0 Å². The number of para-hydroxylation sites is 1. The Hall–Kier alpha value is -3.66. The predicted octanol–water partition coefficient (Wildman–Crippen LogP) is 6.39. The molecule has 4 rings (SSSR count). The van der Waals surface area contributed by atoms with Crippen LogP contribution in [0.4, 0.5) is 10.1 Å². The molecule has 0 spiro atoms. The summed E-state index contributed by atoms with van der Waals surface area (Å²) in [7, 11) is 5.58. The van der Waals surface area contributed by atoms with Crippen LogP contribution in [-0.2, 0) is 20.9 Å². The molecule has 0 aromatic heterocycles. The molecule has 8 nitrogen and oxygen atoms in total. The lowest BCUT2D eigenvalue weighted by molar-refractivity contribution is -0.138. The smallest absolute Gasteiger partial charge is 0.256 e. The molecule has 242 valence electrons. The largest absolute Gasteiger partial charge is 0.492 e. The van der Waals surface area contributed by atoms with Gasteiger partial charge in [0.25, 0.3) is 5.91 Å². The number of hydrogen-bond donors (Lipinski definition) is 1. The van der Waals surface area contributed by atoms with E-state index in [2.05, 4.69) is 10.2 Å². The van der Waals surface area contributed by atoms with E-state index < -0.39 is 23.9 Å². The molecule has 3 aromatic carbocycles. The number of amides is 2. The molecule has 0 saturated heterocycles. The Bertz CT molecular complexity index is 1490. The normalized spacial score (nSPS) is 16.7. The van der Waals surface area contributed by atoms with E-state index in [1.54, 1.807) is 42.3 Å². The van der Waals surface area contributed by atoms with E-state index in [0.717, 1.165) is 13.0 Å². The Kier molecular flexibility index (Phi) is 11.5. The molecule has 1 heterocycles. The highest BCUT2D eigenvalue weighted by molar-refractivity contribution is 6.30. The van der Waals surface area contributed by atoms with Gasteiger partial charge in [0.15, 0.2) is 11.5 Å². The van der Waals surface area contributed by atoms with Crippen LogP contribution in [0.3, 0.4) is 0 Å². The minimum absolute atomic E-state index is 0.0155. The highest BCUT2D eigenvalue weighted by Gasteiger charge is 2.40. The van der Waals surface area contributed by atoms with Crippen LogP contribution >= 0.6 is 11.6 Å². The van der Waals surface area contributed by atoms with Crippen LogP contribution in [-0.4, -0.2) is 63.7 Å². The van der Waals surface area contributed by atoms with E-state index in [-0.39, 0.29) is 24.3 Å². The molecule has 45 heavy (non-hydrogen) atoms. The zero-order valence-electron chi connectivity index (χ0n) is 26.9. The van der Waals surface area contributed by atoms with Crippen LogP contribution in [0.5, 0.6) is 11.5 Å². The predicted molar refractivity (Wildman–Crippen MR) is 174 cm³/mol. The molecule has 0 unspecified atom stereocenters. The van der Waals surface area contributed by atoms with Crippen molar-refractivity contribution in [2.45, 2.75) is 52.4 Å². The van der Waals surface area contributed by atoms with Gasteiger partial charge in [0.1, 0.15) is 18.0 Å². The number of hydrogen-bond acceptors (Lipinski definition) is 6. The number of carbonyl (C=O) groups excluding carboxylic acids is 2. The number of nitrogens with zero attached hydrogens (tertiary/aromatic N) is 2. The average Bonchev–Trinajstić information content (AvgIpc) is 3.08. The van der Waals surface area contributed by atoms with E-state index in [4.69, 9.17) is 25.8 Å². The Morgan fingerprint density at radius 3 is 2.53 bits per heavy atom. The molecule has 2 atom stereocenters. The van der Waals surface area contributed by atoms with Crippen LogP contribution in [0.1, 0.15) is 56.4 Å². The van der Waals surface area contributed by atoms with Gasteiger partial charge in [-0.1, -0.05) is 62.7 Å². The van der Waals surface area contributed by atoms with Crippen LogP contribution in [0.25, 0.3) is 0 Å². The molecular weight excluding hydrogens is 597 g/mol. The number of carbonyl (C=O) groups is 2. The van der Waals surface area contributed by atoms with Crippen molar-refractivity contribution in [2.75, 3.05) is 45.8 Å². The molecule has 0 radical (unpaired) electrons. The molecule has 1 aliphatic rings. The molecule has 3 aromatic rings. The molecular formula is C35H43ClFN3O5. The van der Waals surface area contributed by atoms with E-state index in [1.807, 2.05) is 59.1 Å². The molecule has 0 saturated carbocycles. The van der Waals surface area contributed by atoms with Crippen molar-refractivity contribution in [3.63, 3.8) is 0 Å². The van der Waals surface area contributed by atoms with Gasteiger partial charge in [-0.2, -0.15) is 0 Å². The maximum atomic E-state index is 14.2. The zero-order valence-corrected chi connectivity index (χ0v) is 27.6. The van der Waals surface area contributed by atoms with E-state index in [0.29, 0.717) is 52.1 Å². The number of anilines is 1. The number of rotatable bonds is 12. The van der Waals surface area contributed by atoms with Crippen LogP contribution in [0.15, 0.2) is 60.7 Å². The molecule has 0 bridgehead atoms. The Morgan fingerprint density at radius 1 is 1.09 bits per heavy atom. The molecule has 2 amide bonds. The summed E-state index contributed by atoms with van der Waals surface area (Å²) in [5.41, 5.74) is 2.01. The second kappa shape index (κ2) is 15.1. The maximum absolute atomic E-state index is 14.2. The summed E-state index contributed by atoms with van der Waals surface area (Å²) in [5.74, 6) is -0.202. The number of halogens is 2. The molecule has 0 fully saturated rings. The Morgan fingerprint density at radius 2 is 1.84 bits per heavy atom.